The number of nitrogen functional groups attached to an aromatic ring is 1. The minimum atomic E-state index is -0.880. The maximum atomic E-state index is 10.8. The first-order valence-electron chi connectivity index (χ1n) is 5.84. The Morgan fingerprint density at radius 2 is 1.94 bits per heavy atom. The van der Waals surface area contributed by atoms with Crippen molar-refractivity contribution in [2.24, 2.45) is 0 Å². The molecule has 0 spiro atoms. The van der Waals surface area contributed by atoms with Gasteiger partial charge < -0.3 is 25.7 Å². The fraction of sp³-hybridized carbons (Fsp3) is 0.417. The second kappa shape index (κ2) is 5.14. The third-order valence-corrected chi connectivity index (χ3v) is 3.16. The maximum absolute atomic E-state index is 10.8. The summed E-state index contributed by atoms with van der Waals surface area (Å²) in [7, 11) is 0. The smallest absolute Gasteiger partial charge is 0.407 e. The lowest BCUT2D eigenvalue weighted by Gasteiger charge is -2.35. The van der Waals surface area contributed by atoms with Crippen molar-refractivity contribution in [3.8, 4) is 0 Å². The van der Waals surface area contributed by atoms with E-state index in [1.807, 2.05) is 6.07 Å². The second-order valence-electron chi connectivity index (χ2n) is 4.30. The Bertz CT molecular complexity index is 442. The Balaban J connectivity index is 2.12. The van der Waals surface area contributed by atoms with Gasteiger partial charge in [0.2, 0.25) is 0 Å². The molecular weight excluding hydrogens is 234 g/mol. The Hall–Kier alpha value is -1.95. The highest BCUT2D eigenvalue weighted by Gasteiger charge is 2.21. The van der Waals surface area contributed by atoms with Crippen molar-refractivity contribution in [3.63, 3.8) is 0 Å². The molecule has 0 saturated carbocycles. The van der Waals surface area contributed by atoms with Crippen LogP contribution in [0.25, 0.3) is 0 Å². The van der Waals surface area contributed by atoms with Gasteiger partial charge in [0.1, 0.15) is 0 Å². The van der Waals surface area contributed by atoms with Crippen LogP contribution in [0.5, 0.6) is 0 Å². The van der Waals surface area contributed by atoms with E-state index >= 15 is 0 Å². The molecule has 0 atom stereocenters. The molecule has 0 unspecified atom stereocenters. The molecule has 1 saturated heterocycles. The van der Waals surface area contributed by atoms with Crippen LogP contribution in [0.3, 0.4) is 0 Å². The molecule has 98 valence electrons. The number of hydrogen-bond donors (Lipinski definition) is 3. The predicted molar refractivity (Wildman–Crippen MR) is 68.6 cm³/mol. The number of aliphatic hydroxyl groups excluding tert-OH is 1. The Labute approximate surface area is 105 Å². The summed E-state index contributed by atoms with van der Waals surface area (Å²) in [6.07, 6.45) is -0.880. The molecule has 1 aromatic rings. The number of carbonyl (C=O) groups is 1. The summed E-state index contributed by atoms with van der Waals surface area (Å²) in [5.74, 6) is 0. The molecule has 1 aliphatic heterocycles. The number of carboxylic acid groups (broad SMARTS) is 1. The van der Waals surface area contributed by atoms with E-state index in [-0.39, 0.29) is 6.61 Å². The first-order valence-corrected chi connectivity index (χ1v) is 5.84. The van der Waals surface area contributed by atoms with Gasteiger partial charge >= 0.3 is 6.09 Å². The third-order valence-electron chi connectivity index (χ3n) is 3.16. The molecule has 0 aromatic heterocycles. The monoisotopic (exact) mass is 251 g/mol. The molecule has 18 heavy (non-hydrogen) atoms. The van der Waals surface area contributed by atoms with Crippen molar-refractivity contribution in [1.29, 1.82) is 0 Å². The zero-order chi connectivity index (χ0) is 13.1. The fourth-order valence-electron chi connectivity index (χ4n) is 2.18. The van der Waals surface area contributed by atoms with Crippen LogP contribution in [0.4, 0.5) is 16.2 Å². The SMILES string of the molecule is Nc1ccc(N2CCN(C(=O)O)CC2)c(CO)c1. The molecule has 0 aliphatic carbocycles. The zero-order valence-corrected chi connectivity index (χ0v) is 10.0. The molecule has 0 bridgehead atoms. The van der Waals surface area contributed by atoms with Gasteiger partial charge in [-0.2, -0.15) is 0 Å². The van der Waals surface area contributed by atoms with Crippen molar-refractivity contribution in [3.05, 3.63) is 23.8 Å². The van der Waals surface area contributed by atoms with Gasteiger partial charge in [-0.3, -0.25) is 0 Å². The predicted octanol–water partition coefficient (Wildman–Crippen LogP) is 0.561. The van der Waals surface area contributed by atoms with Crippen molar-refractivity contribution in [2.45, 2.75) is 6.61 Å². The highest BCUT2D eigenvalue weighted by atomic mass is 16.4. The van der Waals surface area contributed by atoms with Gasteiger partial charge in [0.25, 0.3) is 0 Å². The second-order valence-corrected chi connectivity index (χ2v) is 4.30. The average molecular weight is 251 g/mol. The fourth-order valence-corrected chi connectivity index (χ4v) is 2.18. The molecule has 0 radical (unpaired) electrons. The molecule has 1 amide bonds. The highest BCUT2D eigenvalue weighted by molar-refractivity contribution is 5.66. The van der Waals surface area contributed by atoms with Gasteiger partial charge in [-0.15, -0.1) is 0 Å². The Kier molecular flexibility index (Phi) is 3.57. The van der Waals surface area contributed by atoms with Crippen LogP contribution in [0.1, 0.15) is 5.56 Å². The zero-order valence-electron chi connectivity index (χ0n) is 10.0. The molecule has 1 fully saturated rings. The van der Waals surface area contributed by atoms with E-state index in [4.69, 9.17) is 10.8 Å². The number of hydrogen-bond acceptors (Lipinski definition) is 4. The van der Waals surface area contributed by atoms with E-state index in [2.05, 4.69) is 4.90 Å². The first kappa shape index (κ1) is 12.5. The van der Waals surface area contributed by atoms with E-state index in [1.165, 1.54) is 4.90 Å². The van der Waals surface area contributed by atoms with Gasteiger partial charge in [0.15, 0.2) is 0 Å². The minimum Gasteiger partial charge on any atom is -0.465 e. The van der Waals surface area contributed by atoms with Gasteiger partial charge in [-0.25, -0.2) is 4.79 Å². The quantitative estimate of drug-likeness (QED) is 0.668. The summed E-state index contributed by atoms with van der Waals surface area (Å²) < 4.78 is 0. The largest absolute Gasteiger partial charge is 0.465 e. The third kappa shape index (κ3) is 2.48. The van der Waals surface area contributed by atoms with Crippen molar-refractivity contribution in [1.82, 2.24) is 4.90 Å². The number of aliphatic hydroxyl groups is 1. The van der Waals surface area contributed by atoms with Crippen molar-refractivity contribution >= 4 is 17.5 Å². The lowest BCUT2D eigenvalue weighted by atomic mass is 10.1. The van der Waals surface area contributed by atoms with E-state index in [1.54, 1.807) is 12.1 Å². The molecule has 1 heterocycles. The maximum Gasteiger partial charge on any atom is 0.407 e. The van der Waals surface area contributed by atoms with Crippen LogP contribution in [-0.2, 0) is 6.61 Å². The Morgan fingerprint density at radius 1 is 1.28 bits per heavy atom. The molecule has 1 aliphatic rings. The number of amides is 1. The van der Waals surface area contributed by atoms with E-state index in [0.29, 0.717) is 31.9 Å². The van der Waals surface area contributed by atoms with Gasteiger partial charge in [0.05, 0.1) is 6.61 Å². The summed E-state index contributed by atoms with van der Waals surface area (Å²) >= 11 is 0. The summed E-state index contributed by atoms with van der Waals surface area (Å²) in [4.78, 5) is 14.3. The normalized spacial score (nSPS) is 15.8. The number of benzene rings is 1. The van der Waals surface area contributed by atoms with E-state index in [0.717, 1.165) is 11.3 Å². The van der Waals surface area contributed by atoms with Gasteiger partial charge in [-0.1, -0.05) is 0 Å². The summed E-state index contributed by atoms with van der Waals surface area (Å²) in [6.45, 7) is 2.14. The summed E-state index contributed by atoms with van der Waals surface area (Å²) in [5, 5.41) is 18.2. The molecule has 6 nitrogen and oxygen atoms in total. The van der Waals surface area contributed by atoms with Crippen molar-refractivity contribution < 1.29 is 15.0 Å². The van der Waals surface area contributed by atoms with Crippen LogP contribution < -0.4 is 10.6 Å². The highest BCUT2D eigenvalue weighted by Crippen LogP contribution is 2.24. The van der Waals surface area contributed by atoms with E-state index in [9.17, 15) is 9.90 Å². The summed E-state index contributed by atoms with van der Waals surface area (Å²) in [6, 6.07) is 5.41. The van der Waals surface area contributed by atoms with Gasteiger partial charge in [0, 0.05) is 43.1 Å². The number of rotatable bonds is 2. The standard InChI is InChI=1S/C12H17N3O3/c13-10-1-2-11(9(7-10)8-16)14-3-5-15(6-4-14)12(17)18/h1-2,7,16H,3-6,8,13H2,(H,17,18). The van der Waals surface area contributed by atoms with Gasteiger partial charge in [-0.05, 0) is 18.2 Å². The lowest BCUT2D eigenvalue weighted by molar-refractivity contribution is 0.142. The van der Waals surface area contributed by atoms with Crippen LogP contribution in [0.15, 0.2) is 18.2 Å². The lowest BCUT2D eigenvalue weighted by Crippen LogP contribution is -2.48. The molecular formula is C12H17N3O3. The number of nitrogens with two attached hydrogens (primary N) is 1. The topological polar surface area (TPSA) is 90.0 Å². The van der Waals surface area contributed by atoms with Crippen LogP contribution >= 0.6 is 0 Å². The molecule has 4 N–H and O–H groups in total. The molecule has 2 rings (SSSR count). The first-order chi connectivity index (χ1) is 8.61. The van der Waals surface area contributed by atoms with Crippen LogP contribution in [-0.4, -0.2) is 47.4 Å². The number of nitrogens with zero attached hydrogens (tertiary/aromatic N) is 2. The average Bonchev–Trinajstić information content (AvgIpc) is 2.38. The Morgan fingerprint density at radius 3 is 2.50 bits per heavy atom. The molecule has 1 aromatic carbocycles. The molecule has 6 heteroatoms. The van der Waals surface area contributed by atoms with Crippen molar-refractivity contribution in [2.75, 3.05) is 36.8 Å². The van der Waals surface area contributed by atoms with Crippen LogP contribution in [0, 0.1) is 0 Å². The van der Waals surface area contributed by atoms with Crippen LogP contribution in [0.2, 0.25) is 0 Å². The number of piperazine rings is 1. The number of anilines is 2. The minimum absolute atomic E-state index is 0.0699. The summed E-state index contributed by atoms with van der Waals surface area (Å²) in [5.41, 5.74) is 8.00. The van der Waals surface area contributed by atoms with E-state index < -0.39 is 6.09 Å².